The fourth-order valence-corrected chi connectivity index (χ4v) is 3.00. The summed E-state index contributed by atoms with van der Waals surface area (Å²) in [5.41, 5.74) is 0.696. The Kier molecular flexibility index (Phi) is 7.90. The van der Waals surface area contributed by atoms with Gasteiger partial charge >= 0.3 is 0 Å². The van der Waals surface area contributed by atoms with Crippen LogP contribution in [0.3, 0.4) is 0 Å². The van der Waals surface area contributed by atoms with Crippen molar-refractivity contribution in [2.75, 3.05) is 34.8 Å². The van der Waals surface area contributed by atoms with Crippen LogP contribution in [0.2, 0.25) is 0 Å². The highest BCUT2D eigenvalue weighted by molar-refractivity contribution is 5.80. The molecule has 158 valence electrons. The van der Waals surface area contributed by atoms with Gasteiger partial charge in [-0.05, 0) is 50.8 Å². The molecular weight excluding hydrogens is 381 g/mol. The number of halogens is 3. The van der Waals surface area contributed by atoms with Crippen LogP contribution in [0, 0.1) is 17.5 Å². The summed E-state index contributed by atoms with van der Waals surface area (Å²) in [6.07, 6.45) is 0. The lowest BCUT2D eigenvalue weighted by atomic mass is 10.0. The van der Waals surface area contributed by atoms with Crippen molar-refractivity contribution >= 4 is 5.96 Å². The summed E-state index contributed by atoms with van der Waals surface area (Å²) >= 11 is 0. The topological polar surface area (TPSA) is 48.9 Å². The SMILES string of the molecule is CN=C(NCC(c1c(F)cccc1F)N(C)C)NC(C)c1ccc(OC)c(F)c1. The lowest BCUT2D eigenvalue weighted by Crippen LogP contribution is -2.43. The van der Waals surface area contributed by atoms with Crippen molar-refractivity contribution in [2.45, 2.75) is 19.0 Å². The molecule has 2 N–H and O–H groups in total. The highest BCUT2D eigenvalue weighted by Crippen LogP contribution is 2.24. The van der Waals surface area contributed by atoms with E-state index in [2.05, 4.69) is 15.6 Å². The predicted octanol–water partition coefficient (Wildman–Crippen LogP) is 3.64. The van der Waals surface area contributed by atoms with Crippen LogP contribution in [0.15, 0.2) is 41.4 Å². The van der Waals surface area contributed by atoms with Crippen molar-refractivity contribution in [2.24, 2.45) is 4.99 Å². The summed E-state index contributed by atoms with van der Waals surface area (Å²) < 4.78 is 47.3. The third-order valence-electron chi connectivity index (χ3n) is 4.67. The van der Waals surface area contributed by atoms with E-state index in [0.29, 0.717) is 11.5 Å². The first-order valence-electron chi connectivity index (χ1n) is 9.19. The number of methoxy groups -OCH3 is 1. The number of nitrogens with zero attached hydrogens (tertiary/aromatic N) is 2. The summed E-state index contributed by atoms with van der Waals surface area (Å²) in [5, 5.41) is 6.24. The molecule has 0 saturated heterocycles. The first kappa shape index (κ1) is 22.5. The van der Waals surface area contributed by atoms with Crippen molar-refractivity contribution < 1.29 is 17.9 Å². The van der Waals surface area contributed by atoms with E-state index in [0.717, 1.165) is 0 Å². The van der Waals surface area contributed by atoms with E-state index in [1.54, 1.807) is 38.2 Å². The zero-order valence-electron chi connectivity index (χ0n) is 17.3. The van der Waals surface area contributed by atoms with E-state index in [9.17, 15) is 13.2 Å². The molecule has 0 saturated carbocycles. The third kappa shape index (κ3) is 5.63. The normalized spacial score (nSPS) is 13.9. The summed E-state index contributed by atoms with van der Waals surface area (Å²) in [5.74, 6) is -1.06. The molecule has 2 unspecified atom stereocenters. The minimum Gasteiger partial charge on any atom is -0.494 e. The number of likely N-dealkylation sites (N-methyl/N-ethyl adjacent to an activating group) is 1. The number of guanidine groups is 1. The Hall–Kier alpha value is -2.74. The van der Waals surface area contributed by atoms with E-state index >= 15 is 0 Å². The van der Waals surface area contributed by atoms with Gasteiger partial charge < -0.3 is 20.3 Å². The highest BCUT2D eigenvalue weighted by atomic mass is 19.1. The van der Waals surface area contributed by atoms with Gasteiger partial charge in [-0.3, -0.25) is 4.99 Å². The van der Waals surface area contributed by atoms with Crippen LogP contribution in [-0.4, -0.2) is 45.7 Å². The van der Waals surface area contributed by atoms with Gasteiger partial charge in [-0.25, -0.2) is 13.2 Å². The van der Waals surface area contributed by atoms with Crippen molar-refractivity contribution in [3.05, 3.63) is 65.0 Å². The number of hydrogen-bond acceptors (Lipinski definition) is 3. The van der Waals surface area contributed by atoms with E-state index in [1.807, 2.05) is 6.92 Å². The lowest BCUT2D eigenvalue weighted by Gasteiger charge is -2.27. The molecule has 0 aromatic heterocycles. The summed E-state index contributed by atoms with van der Waals surface area (Å²) in [7, 11) is 6.49. The number of benzene rings is 2. The number of ether oxygens (including phenoxy) is 1. The Morgan fingerprint density at radius 3 is 2.28 bits per heavy atom. The lowest BCUT2D eigenvalue weighted by molar-refractivity contribution is 0.282. The van der Waals surface area contributed by atoms with Gasteiger partial charge in [0.2, 0.25) is 0 Å². The minimum atomic E-state index is -0.601. The fourth-order valence-electron chi connectivity index (χ4n) is 3.00. The van der Waals surface area contributed by atoms with Crippen LogP contribution in [0.4, 0.5) is 13.2 Å². The van der Waals surface area contributed by atoms with E-state index < -0.39 is 23.5 Å². The summed E-state index contributed by atoms with van der Waals surface area (Å²) in [6, 6.07) is 7.70. The second-order valence-electron chi connectivity index (χ2n) is 6.83. The molecule has 0 radical (unpaired) electrons. The Morgan fingerprint density at radius 2 is 1.76 bits per heavy atom. The first-order chi connectivity index (χ1) is 13.8. The smallest absolute Gasteiger partial charge is 0.191 e. The van der Waals surface area contributed by atoms with Gasteiger partial charge in [0.25, 0.3) is 0 Å². The van der Waals surface area contributed by atoms with Crippen LogP contribution in [0.25, 0.3) is 0 Å². The Balaban J connectivity index is 2.09. The molecule has 0 aliphatic heterocycles. The third-order valence-corrected chi connectivity index (χ3v) is 4.67. The van der Waals surface area contributed by atoms with Gasteiger partial charge in [0.15, 0.2) is 17.5 Å². The largest absolute Gasteiger partial charge is 0.494 e. The van der Waals surface area contributed by atoms with E-state index in [1.165, 1.54) is 31.4 Å². The molecule has 0 fully saturated rings. The number of nitrogens with one attached hydrogen (secondary N) is 2. The first-order valence-corrected chi connectivity index (χ1v) is 9.19. The van der Waals surface area contributed by atoms with Crippen LogP contribution in [0.1, 0.15) is 30.1 Å². The zero-order chi connectivity index (χ0) is 21.6. The summed E-state index contributed by atoms with van der Waals surface area (Å²) in [6.45, 7) is 2.07. The fraction of sp³-hybridized carbons (Fsp3) is 0.381. The van der Waals surface area contributed by atoms with Gasteiger partial charge in [-0.15, -0.1) is 0 Å². The van der Waals surface area contributed by atoms with E-state index in [-0.39, 0.29) is 23.9 Å². The monoisotopic (exact) mass is 408 g/mol. The van der Waals surface area contributed by atoms with Crippen molar-refractivity contribution in [3.63, 3.8) is 0 Å². The predicted molar refractivity (Wildman–Crippen MR) is 109 cm³/mol. The quantitative estimate of drug-likeness (QED) is 0.543. The maximum absolute atomic E-state index is 14.2. The molecule has 29 heavy (non-hydrogen) atoms. The molecule has 0 spiro atoms. The number of hydrogen-bond donors (Lipinski definition) is 2. The standard InChI is InChI=1S/C21H27F3N4O/c1-13(14-9-10-19(29-5)17(24)11-14)27-21(25-2)26-12-18(28(3)4)20-15(22)7-6-8-16(20)23/h6-11,13,18H,12H2,1-5H3,(H2,25,26,27). The maximum Gasteiger partial charge on any atom is 0.191 e. The van der Waals surface area contributed by atoms with Crippen molar-refractivity contribution in [1.29, 1.82) is 0 Å². The average molecular weight is 408 g/mol. The Bertz CT molecular complexity index is 838. The number of rotatable bonds is 7. The molecular formula is C21H27F3N4O. The molecule has 0 aliphatic rings. The zero-order valence-corrected chi connectivity index (χ0v) is 17.3. The van der Waals surface area contributed by atoms with Crippen LogP contribution in [0.5, 0.6) is 5.75 Å². The van der Waals surface area contributed by atoms with Gasteiger partial charge in [-0.2, -0.15) is 0 Å². The molecule has 0 amide bonds. The molecule has 2 atom stereocenters. The Morgan fingerprint density at radius 1 is 1.10 bits per heavy atom. The second kappa shape index (κ2) is 10.2. The number of aliphatic imine (C=N–C) groups is 1. The van der Waals surface area contributed by atoms with Crippen LogP contribution in [-0.2, 0) is 0 Å². The highest BCUT2D eigenvalue weighted by Gasteiger charge is 2.22. The van der Waals surface area contributed by atoms with Crippen LogP contribution < -0.4 is 15.4 Å². The van der Waals surface area contributed by atoms with Gasteiger partial charge in [0, 0.05) is 19.2 Å². The Labute approximate surface area is 169 Å². The molecule has 8 heteroatoms. The van der Waals surface area contributed by atoms with Gasteiger partial charge in [0.1, 0.15) is 11.6 Å². The molecule has 2 aromatic rings. The average Bonchev–Trinajstić information content (AvgIpc) is 2.68. The van der Waals surface area contributed by atoms with Crippen LogP contribution >= 0.6 is 0 Å². The van der Waals surface area contributed by atoms with Crippen molar-refractivity contribution in [3.8, 4) is 5.75 Å². The van der Waals surface area contributed by atoms with E-state index in [4.69, 9.17) is 4.74 Å². The minimum absolute atomic E-state index is 0.00859. The molecule has 2 aromatic carbocycles. The molecule has 0 aliphatic carbocycles. The van der Waals surface area contributed by atoms with Gasteiger partial charge in [0.05, 0.1) is 19.2 Å². The summed E-state index contributed by atoms with van der Waals surface area (Å²) in [4.78, 5) is 5.88. The molecule has 5 nitrogen and oxygen atoms in total. The molecule has 0 bridgehead atoms. The molecule has 2 rings (SSSR count). The maximum atomic E-state index is 14.2. The van der Waals surface area contributed by atoms with Crippen molar-refractivity contribution in [1.82, 2.24) is 15.5 Å². The van der Waals surface area contributed by atoms with Gasteiger partial charge in [-0.1, -0.05) is 12.1 Å². The molecule has 0 heterocycles. The second-order valence-corrected chi connectivity index (χ2v) is 6.83.